The van der Waals surface area contributed by atoms with E-state index in [0.717, 1.165) is 17.7 Å². The van der Waals surface area contributed by atoms with Gasteiger partial charge in [-0.2, -0.15) is 0 Å². The van der Waals surface area contributed by atoms with Crippen LogP contribution in [0.25, 0.3) is 0 Å². The van der Waals surface area contributed by atoms with E-state index in [9.17, 15) is 14.3 Å². The number of carboxylic acids is 1. The molecule has 5 heteroatoms. The predicted octanol–water partition coefficient (Wildman–Crippen LogP) is 2.06. The number of halogens is 1. The Kier molecular flexibility index (Phi) is 4.73. The van der Waals surface area contributed by atoms with Crippen LogP contribution in [0.4, 0.5) is 4.39 Å². The lowest BCUT2D eigenvalue weighted by molar-refractivity contribution is -0.143. The molecule has 2 unspecified atom stereocenters. The molecule has 0 spiro atoms. The van der Waals surface area contributed by atoms with E-state index in [4.69, 9.17) is 4.74 Å². The van der Waals surface area contributed by atoms with Gasteiger partial charge in [-0.05, 0) is 36.7 Å². The van der Waals surface area contributed by atoms with Crippen molar-refractivity contribution in [1.29, 1.82) is 0 Å². The molecule has 0 radical (unpaired) electrons. The lowest BCUT2D eigenvalue weighted by atomic mass is 10.0. The molecule has 0 bridgehead atoms. The van der Waals surface area contributed by atoms with E-state index in [-0.39, 0.29) is 18.5 Å². The normalized spacial score (nSPS) is 22.4. The lowest BCUT2D eigenvalue weighted by Crippen LogP contribution is -2.42. The summed E-state index contributed by atoms with van der Waals surface area (Å²) >= 11 is 0. The Hall–Kier alpha value is -1.46. The lowest BCUT2D eigenvalue weighted by Gasteiger charge is -2.29. The van der Waals surface area contributed by atoms with Crippen molar-refractivity contribution in [3.63, 3.8) is 0 Å². The van der Waals surface area contributed by atoms with Crippen molar-refractivity contribution < 1.29 is 19.0 Å². The molecule has 0 aromatic heterocycles. The number of nitrogens with zero attached hydrogens (tertiary/aromatic N) is 1. The first-order chi connectivity index (χ1) is 9.52. The number of carboxylic acid groups (broad SMARTS) is 1. The van der Waals surface area contributed by atoms with Crippen molar-refractivity contribution in [3.05, 3.63) is 35.1 Å². The van der Waals surface area contributed by atoms with E-state index < -0.39 is 11.9 Å². The Bertz CT molecular complexity index is 492. The largest absolute Gasteiger partial charge is 0.481 e. The summed E-state index contributed by atoms with van der Waals surface area (Å²) in [6.07, 6.45) is 0. The molecule has 0 amide bonds. The summed E-state index contributed by atoms with van der Waals surface area (Å²) in [7, 11) is 0. The van der Waals surface area contributed by atoms with Gasteiger partial charge in [-0.3, -0.25) is 9.69 Å². The number of hydrogen-bond acceptors (Lipinski definition) is 3. The van der Waals surface area contributed by atoms with Gasteiger partial charge < -0.3 is 9.84 Å². The van der Waals surface area contributed by atoms with Gasteiger partial charge in [0.25, 0.3) is 0 Å². The fourth-order valence-electron chi connectivity index (χ4n) is 2.66. The second-order valence-electron chi connectivity index (χ2n) is 5.18. The van der Waals surface area contributed by atoms with E-state index in [2.05, 4.69) is 4.90 Å². The Labute approximate surface area is 118 Å². The molecule has 1 N–H and O–H groups in total. The van der Waals surface area contributed by atoms with Gasteiger partial charge in [-0.15, -0.1) is 0 Å². The highest BCUT2D eigenvalue weighted by atomic mass is 19.1. The fourth-order valence-corrected chi connectivity index (χ4v) is 2.66. The number of ether oxygens (including phenoxy) is 1. The molecule has 1 aromatic carbocycles. The molecule has 4 nitrogen and oxygen atoms in total. The molecule has 20 heavy (non-hydrogen) atoms. The molecule has 1 aliphatic heterocycles. The second kappa shape index (κ2) is 6.33. The van der Waals surface area contributed by atoms with Gasteiger partial charge in [-0.25, -0.2) is 4.39 Å². The SMILES string of the molecule is CCN(Cc1ccc(F)cc1C)C1COCC1C(=O)O. The maximum absolute atomic E-state index is 13.1. The van der Waals surface area contributed by atoms with Gasteiger partial charge in [0.15, 0.2) is 0 Å². The van der Waals surface area contributed by atoms with Crippen molar-refractivity contribution in [3.8, 4) is 0 Å². The average molecular weight is 281 g/mol. The Morgan fingerprint density at radius 2 is 2.25 bits per heavy atom. The quantitative estimate of drug-likeness (QED) is 0.897. The molecule has 1 aliphatic rings. The summed E-state index contributed by atoms with van der Waals surface area (Å²) in [5.74, 6) is -1.56. The molecule has 1 saturated heterocycles. The first-order valence-electron chi connectivity index (χ1n) is 6.82. The number of aryl methyl sites for hydroxylation is 1. The van der Waals surface area contributed by atoms with Gasteiger partial charge in [0.05, 0.1) is 19.1 Å². The molecule has 1 fully saturated rings. The first kappa shape index (κ1) is 14.9. The van der Waals surface area contributed by atoms with E-state index in [1.54, 1.807) is 6.07 Å². The van der Waals surface area contributed by atoms with Crippen LogP contribution in [0.2, 0.25) is 0 Å². The molecule has 2 atom stereocenters. The highest BCUT2D eigenvalue weighted by Crippen LogP contribution is 2.23. The zero-order valence-electron chi connectivity index (χ0n) is 11.8. The minimum atomic E-state index is -0.818. The van der Waals surface area contributed by atoms with Gasteiger partial charge >= 0.3 is 5.97 Å². The zero-order chi connectivity index (χ0) is 14.7. The Morgan fingerprint density at radius 1 is 1.50 bits per heavy atom. The number of hydrogen-bond donors (Lipinski definition) is 1. The predicted molar refractivity (Wildman–Crippen MR) is 73.0 cm³/mol. The molecule has 1 heterocycles. The number of benzene rings is 1. The first-order valence-corrected chi connectivity index (χ1v) is 6.82. The summed E-state index contributed by atoms with van der Waals surface area (Å²) in [5, 5.41) is 9.23. The highest BCUT2D eigenvalue weighted by molar-refractivity contribution is 5.71. The van der Waals surface area contributed by atoms with Crippen molar-refractivity contribution >= 4 is 5.97 Å². The van der Waals surface area contributed by atoms with E-state index in [1.165, 1.54) is 12.1 Å². The number of carbonyl (C=O) groups is 1. The van der Waals surface area contributed by atoms with Crippen LogP contribution in [-0.2, 0) is 16.1 Å². The smallest absolute Gasteiger partial charge is 0.310 e. The standard InChI is InChI=1S/C15H20FNO3/c1-3-17(14-9-20-8-13(14)15(18)19)7-11-4-5-12(16)6-10(11)2/h4-6,13-14H,3,7-9H2,1-2H3,(H,18,19). The Morgan fingerprint density at radius 3 is 2.85 bits per heavy atom. The van der Waals surface area contributed by atoms with Crippen molar-refractivity contribution in [2.24, 2.45) is 5.92 Å². The number of likely N-dealkylation sites (N-methyl/N-ethyl adjacent to an activating group) is 1. The summed E-state index contributed by atoms with van der Waals surface area (Å²) in [5.41, 5.74) is 1.90. The molecule has 0 aliphatic carbocycles. The molecule has 110 valence electrons. The maximum Gasteiger partial charge on any atom is 0.310 e. The second-order valence-corrected chi connectivity index (χ2v) is 5.18. The maximum atomic E-state index is 13.1. The van der Waals surface area contributed by atoms with Crippen molar-refractivity contribution in [1.82, 2.24) is 4.90 Å². The van der Waals surface area contributed by atoms with Crippen LogP contribution in [-0.4, -0.2) is 41.8 Å². The van der Waals surface area contributed by atoms with Crippen LogP contribution in [0.3, 0.4) is 0 Å². The van der Waals surface area contributed by atoms with Crippen LogP contribution in [0.5, 0.6) is 0 Å². The van der Waals surface area contributed by atoms with Crippen LogP contribution in [0.1, 0.15) is 18.1 Å². The van der Waals surface area contributed by atoms with Gasteiger partial charge in [0.2, 0.25) is 0 Å². The topological polar surface area (TPSA) is 49.8 Å². The van der Waals surface area contributed by atoms with Crippen LogP contribution in [0, 0.1) is 18.7 Å². The minimum absolute atomic E-state index is 0.123. The van der Waals surface area contributed by atoms with E-state index in [1.807, 2.05) is 13.8 Å². The third-order valence-corrected chi connectivity index (χ3v) is 3.92. The summed E-state index contributed by atoms with van der Waals surface area (Å²) in [6, 6.07) is 4.58. The van der Waals surface area contributed by atoms with E-state index >= 15 is 0 Å². The van der Waals surface area contributed by atoms with Crippen LogP contribution >= 0.6 is 0 Å². The number of aliphatic carboxylic acids is 1. The van der Waals surface area contributed by atoms with Crippen molar-refractivity contribution in [2.75, 3.05) is 19.8 Å². The molecular formula is C15H20FNO3. The minimum Gasteiger partial charge on any atom is -0.481 e. The summed E-state index contributed by atoms with van der Waals surface area (Å²) in [4.78, 5) is 13.3. The van der Waals surface area contributed by atoms with Gasteiger partial charge in [0, 0.05) is 12.6 Å². The van der Waals surface area contributed by atoms with Gasteiger partial charge in [-0.1, -0.05) is 13.0 Å². The monoisotopic (exact) mass is 281 g/mol. The zero-order valence-corrected chi connectivity index (χ0v) is 11.8. The van der Waals surface area contributed by atoms with Crippen LogP contribution in [0.15, 0.2) is 18.2 Å². The Balaban J connectivity index is 2.14. The molecule has 0 saturated carbocycles. The summed E-state index contributed by atoms with van der Waals surface area (Å²) in [6.45, 7) is 5.90. The summed E-state index contributed by atoms with van der Waals surface area (Å²) < 4.78 is 18.4. The van der Waals surface area contributed by atoms with Crippen molar-refractivity contribution in [2.45, 2.75) is 26.4 Å². The third kappa shape index (κ3) is 3.16. The molecular weight excluding hydrogens is 261 g/mol. The fraction of sp³-hybridized carbons (Fsp3) is 0.533. The van der Waals surface area contributed by atoms with Crippen LogP contribution < -0.4 is 0 Å². The number of rotatable bonds is 5. The average Bonchev–Trinajstić information content (AvgIpc) is 2.87. The third-order valence-electron chi connectivity index (χ3n) is 3.92. The van der Waals surface area contributed by atoms with Gasteiger partial charge in [0.1, 0.15) is 5.82 Å². The molecule has 1 aromatic rings. The van der Waals surface area contributed by atoms with E-state index in [0.29, 0.717) is 13.2 Å². The molecule has 2 rings (SSSR count). The highest BCUT2D eigenvalue weighted by Gasteiger charge is 2.37.